The Hall–Kier alpha value is -2.01. The molecule has 0 fully saturated rings. The van der Waals surface area contributed by atoms with Gasteiger partial charge in [0.05, 0.1) is 6.04 Å². The fourth-order valence-corrected chi connectivity index (χ4v) is 1.91. The van der Waals surface area contributed by atoms with Gasteiger partial charge < -0.3 is 10.1 Å². The van der Waals surface area contributed by atoms with Crippen LogP contribution in [-0.4, -0.2) is 18.6 Å². The number of benzene rings is 1. The standard InChI is InChI=1S/C14H14F2N2O/c1-17-13(11-3-2-8-18-9-11)10-4-6-12(7-5-10)19-14(15)16/h2-9,13-14,17H,1H3. The van der Waals surface area contributed by atoms with E-state index < -0.39 is 6.61 Å². The Morgan fingerprint density at radius 3 is 2.37 bits per heavy atom. The number of hydrogen-bond acceptors (Lipinski definition) is 3. The molecular weight excluding hydrogens is 250 g/mol. The van der Waals surface area contributed by atoms with Crippen LogP contribution in [0.15, 0.2) is 48.8 Å². The number of nitrogens with one attached hydrogen (secondary N) is 1. The van der Waals surface area contributed by atoms with Gasteiger partial charge in [0.15, 0.2) is 0 Å². The lowest BCUT2D eigenvalue weighted by Crippen LogP contribution is -2.17. The first-order valence-electron chi connectivity index (χ1n) is 5.82. The number of pyridine rings is 1. The second-order valence-electron chi connectivity index (χ2n) is 3.96. The molecule has 1 heterocycles. The van der Waals surface area contributed by atoms with E-state index in [2.05, 4.69) is 15.0 Å². The molecule has 0 spiro atoms. The minimum absolute atomic E-state index is 0.0331. The van der Waals surface area contributed by atoms with Gasteiger partial charge in [0.25, 0.3) is 0 Å². The van der Waals surface area contributed by atoms with Crippen LogP contribution in [0.4, 0.5) is 8.78 Å². The van der Waals surface area contributed by atoms with Crippen molar-refractivity contribution in [2.24, 2.45) is 0 Å². The van der Waals surface area contributed by atoms with Crippen molar-refractivity contribution < 1.29 is 13.5 Å². The number of hydrogen-bond donors (Lipinski definition) is 1. The largest absolute Gasteiger partial charge is 0.435 e. The molecular formula is C14H14F2N2O. The molecule has 0 aliphatic rings. The highest BCUT2D eigenvalue weighted by molar-refractivity contribution is 5.34. The Bertz CT molecular complexity index is 503. The fourth-order valence-electron chi connectivity index (χ4n) is 1.91. The average molecular weight is 264 g/mol. The molecule has 1 aromatic heterocycles. The van der Waals surface area contributed by atoms with E-state index in [0.717, 1.165) is 11.1 Å². The zero-order valence-electron chi connectivity index (χ0n) is 10.4. The summed E-state index contributed by atoms with van der Waals surface area (Å²) < 4.78 is 28.5. The molecule has 0 aliphatic heterocycles. The minimum Gasteiger partial charge on any atom is -0.435 e. The van der Waals surface area contributed by atoms with Crippen LogP contribution in [0.2, 0.25) is 0 Å². The van der Waals surface area contributed by atoms with Crippen LogP contribution in [0, 0.1) is 0 Å². The molecule has 0 aliphatic carbocycles. The van der Waals surface area contributed by atoms with Gasteiger partial charge in [0.1, 0.15) is 5.75 Å². The van der Waals surface area contributed by atoms with Gasteiger partial charge >= 0.3 is 6.61 Å². The topological polar surface area (TPSA) is 34.1 Å². The van der Waals surface area contributed by atoms with Crippen molar-refractivity contribution in [2.75, 3.05) is 7.05 Å². The molecule has 1 atom stereocenters. The van der Waals surface area contributed by atoms with E-state index in [0.29, 0.717) is 0 Å². The van der Waals surface area contributed by atoms with Crippen LogP contribution in [0.1, 0.15) is 17.2 Å². The van der Waals surface area contributed by atoms with E-state index >= 15 is 0 Å². The second-order valence-corrected chi connectivity index (χ2v) is 3.96. The first-order valence-corrected chi connectivity index (χ1v) is 5.82. The lowest BCUT2D eigenvalue weighted by Gasteiger charge is -2.17. The van der Waals surface area contributed by atoms with Crippen molar-refractivity contribution in [1.82, 2.24) is 10.3 Å². The maximum atomic E-state index is 12.1. The third kappa shape index (κ3) is 3.48. The Balaban J connectivity index is 2.20. The molecule has 5 heteroatoms. The number of halogens is 2. The van der Waals surface area contributed by atoms with E-state index in [9.17, 15) is 8.78 Å². The van der Waals surface area contributed by atoms with E-state index in [1.165, 1.54) is 12.1 Å². The summed E-state index contributed by atoms with van der Waals surface area (Å²) in [5.41, 5.74) is 1.96. The Labute approximate surface area is 110 Å². The molecule has 1 N–H and O–H groups in total. The predicted octanol–water partition coefficient (Wildman–Crippen LogP) is 2.99. The van der Waals surface area contributed by atoms with Crippen LogP contribution in [0.3, 0.4) is 0 Å². The molecule has 3 nitrogen and oxygen atoms in total. The highest BCUT2D eigenvalue weighted by Gasteiger charge is 2.12. The van der Waals surface area contributed by atoms with Crippen molar-refractivity contribution in [3.05, 3.63) is 59.9 Å². The predicted molar refractivity (Wildman–Crippen MR) is 68.2 cm³/mol. The van der Waals surface area contributed by atoms with Gasteiger partial charge in [-0.25, -0.2) is 0 Å². The summed E-state index contributed by atoms with van der Waals surface area (Å²) in [6.07, 6.45) is 3.47. The van der Waals surface area contributed by atoms with Gasteiger partial charge in [-0.1, -0.05) is 18.2 Å². The second kappa shape index (κ2) is 6.24. The summed E-state index contributed by atoms with van der Waals surface area (Å²) in [6, 6.07) is 10.3. The number of aromatic nitrogens is 1. The third-order valence-corrected chi connectivity index (χ3v) is 2.75. The number of ether oxygens (including phenoxy) is 1. The maximum Gasteiger partial charge on any atom is 0.387 e. The smallest absolute Gasteiger partial charge is 0.387 e. The molecule has 19 heavy (non-hydrogen) atoms. The highest BCUT2D eigenvalue weighted by Crippen LogP contribution is 2.23. The zero-order chi connectivity index (χ0) is 13.7. The van der Waals surface area contributed by atoms with Crippen molar-refractivity contribution in [3.8, 4) is 5.75 Å². The first kappa shape index (κ1) is 13.4. The van der Waals surface area contributed by atoms with E-state index in [1.807, 2.05) is 19.2 Å². The van der Waals surface area contributed by atoms with E-state index in [1.54, 1.807) is 24.5 Å². The number of alkyl halides is 2. The van der Waals surface area contributed by atoms with Crippen LogP contribution in [0.25, 0.3) is 0 Å². The lowest BCUT2D eigenvalue weighted by atomic mass is 10.0. The van der Waals surface area contributed by atoms with Gasteiger partial charge in [0, 0.05) is 12.4 Å². The maximum absolute atomic E-state index is 12.1. The summed E-state index contributed by atoms with van der Waals surface area (Å²) >= 11 is 0. The molecule has 0 amide bonds. The van der Waals surface area contributed by atoms with Crippen molar-refractivity contribution in [1.29, 1.82) is 0 Å². The number of rotatable bonds is 5. The van der Waals surface area contributed by atoms with Crippen LogP contribution in [-0.2, 0) is 0 Å². The van der Waals surface area contributed by atoms with Gasteiger partial charge in [-0.15, -0.1) is 0 Å². The van der Waals surface area contributed by atoms with Gasteiger partial charge in [-0.2, -0.15) is 8.78 Å². The van der Waals surface area contributed by atoms with Crippen molar-refractivity contribution >= 4 is 0 Å². The lowest BCUT2D eigenvalue weighted by molar-refractivity contribution is -0.0498. The molecule has 1 aromatic carbocycles. The first-order chi connectivity index (χ1) is 9.20. The monoisotopic (exact) mass is 264 g/mol. The molecule has 0 saturated heterocycles. The molecule has 1 unspecified atom stereocenters. The Morgan fingerprint density at radius 1 is 1.11 bits per heavy atom. The summed E-state index contributed by atoms with van der Waals surface area (Å²) in [7, 11) is 1.83. The molecule has 2 rings (SSSR count). The summed E-state index contributed by atoms with van der Waals surface area (Å²) in [5.74, 6) is 0.153. The number of nitrogens with zero attached hydrogens (tertiary/aromatic N) is 1. The molecule has 2 aromatic rings. The summed E-state index contributed by atoms with van der Waals surface area (Å²) in [6.45, 7) is -2.80. The molecule has 0 radical (unpaired) electrons. The molecule has 0 saturated carbocycles. The van der Waals surface area contributed by atoms with Crippen LogP contribution in [0.5, 0.6) is 5.75 Å². The van der Waals surface area contributed by atoms with Crippen molar-refractivity contribution in [3.63, 3.8) is 0 Å². The summed E-state index contributed by atoms with van der Waals surface area (Å²) in [4.78, 5) is 4.07. The van der Waals surface area contributed by atoms with Crippen LogP contribution >= 0.6 is 0 Å². The van der Waals surface area contributed by atoms with Crippen LogP contribution < -0.4 is 10.1 Å². The SMILES string of the molecule is CNC(c1ccc(OC(F)F)cc1)c1cccnc1. The van der Waals surface area contributed by atoms with Crippen molar-refractivity contribution in [2.45, 2.75) is 12.7 Å². The van der Waals surface area contributed by atoms with Gasteiger partial charge in [0.2, 0.25) is 0 Å². The quantitative estimate of drug-likeness (QED) is 0.901. The zero-order valence-corrected chi connectivity index (χ0v) is 10.4. The minimum atomic E-state index is -2.80. The normalized spacial score (nSPS) is 12.4. The average Bonchev–Trinajstić information content (AvgIpc) is 2.42. The van der Waals surface area contributed by atoms with E-state index in [-0.39, 0.29) is 11.8 Å². The highest BCUT2D eigenvalue weighted by atomic mass is 19.3. The van der Waals surface area contributed by atoms with Gasteiger partial charge in [-0.05, 0) is 36.4 Å². The molecule has 100 valence electrons. The molecule has 0 bridgehead atoms. The Kier molecular flexibility index (Phi) is 4.41. The fraction of sp³-hybridized carbons (Fsp3) is 0.214. The van der Waals surface area contributed by atoms with E-state index in [4.69, 9.17) is 0 Å². The van der Waals surface area contributed by atoms with Gasteiger partial charge in [-0.3, -0.25) is 4.98 Å². The summed E-state index contributed by atoms with van der Waals surface area (Å²) in [5, 5.41) is 3.17. The third-order valence-electron chi connectivity index (χ3n) is 2.75. The Morgan fingerprint density at radius 2 is 1.84 bits per heavy atom.